The fraction of sp³-hybridized carbons (Fsp3) is 1.00. The van der Waals surface area contributed by atoms with E-state index >= 15 is 0 Å². The van der Waals surface area contributed by atoms with E-state index in [9.17, 15) is 0 Å². The molecule has 0 radical (unpaired) electrons. The van der Waals surface area contributed by atoms with E-state index in [2.05, 4.69) is 26.1 Å². The zero-order valence-electron chi connectivity index (χ0n) is 14.5. The van der Waals surface area contributed by atoms with Gasteiger partial charge in [-0.1, -0.05) is 19.3 Å². The third-order valence-electron chi connectivity index (χ3n) is 3.98. The van der Waals surface area contributed by atoms with Crippen LogP contribution in [0.1, 0.15) is 59.3 Å². The third-order valence-corrected chi connectivity index (χ3v) is 3.98. The van der Waals surface area contributed by atoms with E-state index in [0.29, 0.717) is 13.2 Å². The lowest BCUT2D eigenvalue weighted by atomic mass is 9.84. The van der Waals surface area contributed by atoms with Crippen molar-refractivity contribution >= 4 is 0 Å². The lowest BCUT2D eigenvalue weighted by Gasteiger charge is -2.39. The van der Waals surface area contributed by atoms with Crippen molar-refractivity contribution in [2.45, 2.75) is 70.4 Å². The van der Waals surface area contributed by atoms with E-state index < -0.39 is 0 Å². The van der Waals surface area contributed by atoms with Gasteiger partial charge in [0.05, 0.1) is 18.8 Å². The van der Waals surface area contributed by atoms with E-state index in [4.69, 9.17) is 14.2 Å². The molecular weight excluding hydrogens is 266 g/mol. The van der Waals surface area contributed by atoms with Crippen molar-refractivity contribution in [1.29, 1.82) is 0 Å². The Morgan fingerprint density at radius 1 is 0.952 bits per heavy atom. The highest BCUT2D eigenvalue weighted by molar-refractivity contribution is 4.89. The second kappa shape index (κ2) is 9.78. The van der Waals surface area contributed by atoms with Gasteiger partial charge < -0.3 is 19.5 Å². The molecule has 126 valence electrons. The molecule has 0 aromatic rings. The van der Waals surface area contributed by atoms with Gasteiger partial charge in [0.2, 0.25) is 0 Å². The van der Waals surface area contributed by atoms with Gasteiger partial charge in [-0.15, -0.1) is 0 Å². The Balaban J connectivity index is 2.26. The summed E-state index contributed by atoms with van der Waals surface area (Å²) in [6, 6.07) is 0. The van der Waals surface area contributed by atoms with Crippen molar-refractivity contribution in [1.82, 2.24) is 5.32 Å². The van der Waals surface area contributed by atoms with Crippen molar-refractivity contribution in [2.24, 2.45) is 0 Å². The zero-order valence-corrected chi connectivity index (χ0v) is 14.5. The SMILES string of the molecule is COCCCOCCOC1(CNC(C)(C)C)CCCCC1. The van der Waals surface area contributed by atoms with Gasteiger partial charge in [-0.2, -0.15) is 0 Å². The molecular formula is C17H35NO3. The first-order valence-corrected chi connectivity index (χ1v) is 8.43. The van der Waals surface area contributed by atoms with Crippen LogP contribution in [0.25, 0.3) is 0 Å². The molecule has 1 aliphatic carbocycles. The maximum Gasteiger partial charge on any atom is 0.0807 e. The van der Waals surface area contributed by atoms with Crippen LogP contribution >= 0.6 is 0 Å². The van der Waals surface area contributed by atoms with E-state index in [0.717, 1.165) is 26.2 Å². The molecule has 21 heavy (non-hydrogen) atoms. The molecule has 1 aliphatic rings. The van der Waals surface area contributed by atoms with Crippen LogP contribution in [0.2, 0.25) is 0 Å². The lowest BCUT2D eigenvalue weighted by Crippen LogP contribution is -2.50. The normalized spacial score (nSPS) is 18.9. The minimum Gasteiger partial charge on any atom is -0.385 e. The first kappa shape index (κ1) is 18.9. The summed E-state index contributed by atoms with van der Waals surface area (Å²) in [4.78, 5) is 0. The van der Waals surface area contributed by atoms with Crippen LogP contribution in [0.3, 0.4) is 0 Å². The molecule has 1 saturated carbocycles. The Bertz CT molecular complexity index is 257. The molecule has 4 nitrogen and oxygen atoms in total. The number of hydrogen-bond donors (Lipinski definition) is 1. The van der Waals surface area contributed by atoms with Gasteiger partial charge in [0.1, 0.15) is 0 Å². The second-order valence-electron chi connectivity index (χ2n) is 7.15. The molecule has 0 saturated heterocycles. The fourth-order valence-electron chi connectivity index (χ4n) is 2.72. The van der Waals surface area contributed by atoms with Crippen LogP contribution in [0.4, 0.5) is 0 Å². The molecule has 0 heterocycles. The average molecular weight is 301 g/mol. The second-order valence-corrected chi connectivity index (χ2v) is 7.15. The van der Waals surface area contributed by atoms with E-state index in [1.54, 1.807) is 7.11 Å². The van der Waals surface area contributed by atoms with Crippen LogP contribution in [0.15, 0.2) is 0 Å². The summed E-state index contributed by atoms with van der Waals surface area (Å²) in [6.07, 6.45) is 7.18. The average Bonchev–Trinajstić information content (AvgIpc) is 2.45. The largest absolute Gasteiger partial charge is 0.385 e. The van der Waals surface area contributed by atoms with Gasteiger partial charge >= 0.3 is 0 Å². The molecule has 0 atom stereocenters. The minimum absolute atomic E-state index is 0.0153. The Hall–Kier alpha value is -0.160. The molecule has 0 amide bonds. The van der Waals surface area contributed by atoms with Crippen LogP contribution < -0.4 is 5.32 Å². The van der Waals surface area contributed by atoms with Gasteiger partial charge in [0.25, 0.3) is 0 Å². The molecule has 1 fully saturated rings. The molecule has 0 aromatic carbocycles. The number of nitrogens with one attached hydrogen (secondary N) is 1. The maximum absolute atomic E-state index is 6.25. The van der Waals surface area contributed by atoms with Crippen LogP contribution in [0, 0.1) is 0 Å². The number of rotatable bonds is 10. The highest BCUT2D eigenvalue weighted by atomic mass is 16.5. The molecule has 0 aliphatic heterocycles. The highest BCUT2D eigenvalue weighted by Gasteiger charge is 2.33. The molecule has 4 heteroatoms. The lowest BCUT2D eigenvalue weighted by molar-refractivity contribution is -0.0890. The first-order valence-electron chi connectivity index (χ1n) is 8.43. The smallest absolute Gasteiger partial charge is 0.0807 e. The van der Waals surface area contributed by atoms with Crippen molar-refractivity contribution < 1.29 is 14.2 Å². The fourth-order valence-corrected chi connectivity index (χ4v) is 2.72. The maximum atomic E-state index is 6.25. The Labute approximate surface area is 130 Å². The third kappa shape index (κ3) is 8.77. The van der Waals surface area contributed by atoms with E-state index in [-0.39, 0.29) is 11.1 Å². The van der Waals surface area contributed by atoms with Crippen molar-refractivity contribution in [2.75, 3.05) is 40.1 Å². The van der Waals surface area contributed by atoms with Gasteiger partial charge in [-0.25, -0.2) is 0 Å². The van der Waals surface area contributed by atoms with E-state index in [1.165, 1.54) is 32.1 Å². The predicted octanol–water partition coefficient (Wildman–Crippen LogP) is 3.15. The van der Waals surface area contributed by atoms with Gasteiger partial charge in [-0.05, 0) is 40.0 Å². The first-order chi connectivity index (χ1) is 9.97. The minimum atomic E-state index is 0.0153. The molecule has 1 rings (SSSR count). The topological polar surface area (TPSA) is 39.7 Å². The standard InChI is InChI=1S/C17H35NO3/c1-16(2,3)18-15-17(9-6-5-7-10-17)21-14-13-20-12-8-11-19-4/h18H,5-15H2,1-4H3. The van der Waals surface area contributed by atoms with Crippen LogP contribution in [0.5, 0.6) is 0 Å². The quantitative estimate of drug-likeness (QED) is 0.629. The summed E-state index contributed by atoms with van der Waals surface area (Å²) in [5, 5.41) is 3.62. The summed E-state index contributed by atoms with van der Waals surface area (Å²) >= 11 is 0. The Kier molecular flexibility index (Phi) is 8.79. The predicted molar refractivity (Wildman–Crippen MR) is 86.8 cm³/mol. The van der Waals surface area contributed by atoms with Gasteiger partial charge in [0, 0.05) is 32.4 Å². The monoisotopic (exact) mass is 301 g/mol. The summed E-state index contributed by atoms with van der Waals surface area (Å²) < 4.78 is 16.8. The van der Waals surface area contributed by atoms with Crippen molar-refractivity contribution in [3.05, 3.63) is 0 Å². The van der Waals surface area contributed by atoms with Crippen molar-refractivity contribution in [3.63, 3.8) is 0 Å². The Morgan fingerprint density at radius 3 is 2.29 bits per heavy atom. The number of methoxy groups -OCH3 is 1. The summed E-state index contributed by atoms with van der Waals surface area (Å²) in [5.41, 5.74) is 0.159. The summed E-state index contributed by atoms with van der Waals surface area (Å²) in [7, 11) is 1.72. The van der Waals surface area contributed by atoms with Crippen molar-refractivity contribution in [3.8, 4) is 0 Å². The van der Waals surface area contributed by atoms with E-state index in [1.807, 2.05) is 0 Å². The molecule has 0 bridgehead atoms. The van der Waals surface area contributed by atoms with Crippen LogP contribution in [-0.2, 0) is 14.2 Å². The number of ether oxygens (including phenoxy) is 3. The molecule has 0 unspecified atom stereocenters. The number of hydrogen-bond acceptors (Lipinski definition) is 4. The summed E-state index contributed by atoms with van der Waals surface area (Å²) in [6.45, 7) is 10.5. The highest BCUT2D eigenvalue weighted by Crippen LogP contribution is 2.31. The molecule has 0 spiro atoms. The zero-order chi connectivity index (χ0) is 15.6. The molecule has 1 N–H and O–H groups in total. The Morgan fingerprint density at radius 2 is 1.67 bits per heavy atom. The summed E-state index contributed by atoms with van der Waals surface area (Å²) in [5.74, 6) is 0. The van der Waals surface area contributed by atoms with Gasteiger partial charge in [0.15, 0.2) is 0 Å². The van der Waals surface area contributed by atoms with Crippen LogP contribution in [-0.4, -0.2) is 51.2 Å². The molecule has 0 aromatic heterocycles. The van der Waals surface area contributed by atoms with Gasteiger partial charge in [-0.3, -0.25) is 0 Å².